The molecule has 0 bridgehead atoms. The van der Waals surface area contributed by atoms with Gasteiger partial charge in [0.05, 0.1) is 24.7 Å². The Morgan fingerprint density at radius 3 is 2.59 bits per heavy atom. The van der Waals surface area contributed by atoms with E-state index in [1.807, 2.05) is 36.6 Å². The van der Waals surface area contributed by atoms with Gasteiger partial charge in [-0.05, 0) is 50.2 Å². The molecule has 0 radical (unpaired) electrons. The molecule has 2 aromatic carbocycles. The summed E-state index contributed by atoms with van der Waals surface area (Å²) >= 11 is 7.29. The average molecular weight is 473 g/mol. The summed E-state index contributed by atoms with van der Waals surface area (Å²) in [7, 11) is 0. The van der Waals surface area contributed by atoms with Crippen LogP contribution in [0.4, 0.5) is 5.69 Å². The van der Waals surface area contributed by atoms with Gasteiger partial charge in [-0.15, -0.1) is 16.8 Å². The molecule has 0 spiro atoms. The monoisotopic (exact) mass is 472 g/mol. The van der Waals surface area contributed by atoms with Crippen LogP contribution in [0.15, 0.2) is 60.3 Å². The number of halogens is 1. The van der Waals surface area contributed by atoms with Crippen molar-refractivity contribution in [2.24, 2.45) is 0 Å². The first-order valence-corrected chi connectivity index (χ1v) is 11.5. The third-order valence-corrected chi connectivity index (χ3v) is 5.52. The highest BCUT2D eigenvalue weighted by Gasteiger charge is 2.16. The Bertz CT molecular complexity index is 1070. The highest BCUT2D eigenvalue weighted by molar-refractivity contribution is 7.99. The van der Waals surface area contributed by atoms with Crippen molar-refractivity contribution in [1.82, 2.24) is 14.8 Å². The summed E-state index contributed by atoms with van der Waals surface area (Å²) in [4.78, 5) is 12.7. The van der Waals surface area contributed by atoms with Crippen molar-refractivity contribution < 1.29 is 14.3 Å². The molecule has 0 aliphatic carbocycles. The third-order valence-electron chi connectivity index (χ3n) is 4.30. The molecule has 0 saturated carbocycles. The number of nitrogens with zero attached hydrogens (tertiary/aromatic N) is 3. The van der Waals surface area contributed by atoms with Crippen LogP contribution in [0, 0.1) is 0 Å². The Balaban J connectivity index is 1.73. The van der Waals surface area contributed by atoms with Crippen LogP contribution in [0.1, 0.15) is 13.8 Å². The molecule has 0 aliphatic rings. The largest absolute Gasteiger partial charge is 0.494 e. The van der Waals surface area contributed by atoms with E-state index in [4.69, 9.17) is 21.1 Å². The molecule has 168 valence electrons. The minimum absolute atomic E-state index is 0.153. The van der Waals surface area contributed by atoms with Gasteiger partial charge in [0.1, 0.15) is 11.5 Å². The molecular formula is C23H25ClN4O3S. The lowest BCUT2D eigenvalue weighted by atomic mass is 10.2. The molecule has 0 saturated heterocycles. The number of anilines is 1. The van der Waals surface area contributed by atoms with Crippen molar-refractivity contribution in [1.29, 1.82) is 0 Å². The fourth-order valence-electron chi connectivity index (χ4n) is 2.96. The molecule has 1 heterocycles. The second-order valence-electron chi connectivity index (χ2n) is 6.57. The summed E-state index contributed by atoms with van der Waals surface area (Å²) in [6.07, 6.45) is 1.76. The van der Waals surface area contributed by atoms with Crippen LogP contribution in [0.5, 0.6) is 11.5 Å². The molecule has 1 aromatic heterocycles. The number of amides is 1. The predicted octanol–water partition coefficient (Wildman–Crippen LogP) is 5.31. The summed E-state index contributed by atoms with van der Waals surface area (Å²) in [5.74, 6) is 1.91. The maximum atomic E-state index is 12.7. The van der Waals surface area contributed by atoms with E-state index in [2.05, 4.69) is 22.1 Å². The smallest absolute Gasteiger partial charge is 0.234 e. The van der Waals surface area contributed by atoms with Crippen molar-refractivity contribution in [3.63, 3.8) is 0 Å². The number of ether oxygens (including phenoxy) is 2. The molecule has 0 aliphatic heterocycles. The number of carbonyl (C=O) groups excluding carboxylic acids is 1. The summed E-state index contributed by atoms with van der Waals surface area (Å²) in [6, 6.07) is 12.7. The van der Waals surface area contributed by atoms with Crippen LogP contribution in [0.25, 0.3) is 11.4 Å². The number of carbonyl (C=O) groups is 1. The number of nitrogens with one attached hydrogen (secondary N) is 1. The lowest BCUT2D eigenvalue weighted by molar-refractivity contribution is -0.113. The van der Waals surface area contributed by atoms with Gasteiger partial charge in [-0.3, -0.25) is 9.36 Å². The first-order chi connectivity index (χ1) is 15.5. The van der Waals surface area contributed by atoms with E-state index in [1.165, 1.54) is 11.8 Å². The van der Waals surface area contributed by atoms with Gasteiger partial charge in [0.25, 0.3) is 0 Å². The second kappa shape index (κ2) is 11.6. The quantitative estimate of drug-likeness (QED) is 0.301. The first kappa shape index (κ1) is 23.7. The molecule has 3 rings (SSSR count). The van der Waals surface area contributed by atoms with Crippen molar-refractivity contribution in [2.75, 3.05) is 24.3 Å². The zero-order valence-corrected chi connectivity index (χ0v) is 19.6. The number of hydrogen-bond acceptors (Lipinski definition) is 6. The summed E-state index contributed by atoms with van der Waals surface area (Å²) in [6.45, 7) is 9.15. The van der Waals surface area contributed by atoms with Crippen molar-refractivity contribution in [3.05, 3.63) is 60.1 Å². The Hall–Kier alpha value is -2.97. The van der Waals surface area contributed by atoms with Crippen LogP contribution in [-0.4, -0.2) is 39.6 Å². The van der Waals surface area contributed by atoms with Crippen LogP contribution in [0.2, 0.25) is 5.02 Å². The maximum absolute atomic E-state index is 12.7. The van der Waals surface area contributed by atoms with E-state index in [-0.39, 0.29) is 11.7 Å². The molecule has 9 heteroatoms. The van der Waals surface area contributed by atoms with E-state index >= 15 is 0 Å². The molecule has 7 nitrogen and oxygen atoms in total. The fourth-order valence-corrected chi connectivity index (χ4v) is 3.84. The molecule has 1 amide bonds. The van der Waals surface area contributed by atoms with Crippen molar-refractivity contribution in [2.45, 2.75) is 25.5 Å². The number of benzene rings is 2. The third kappa shape index (κ3) is 6.05. The van der Waals surface area contributed by atoms with Crippen molar-refractivity contribution in [3.8, 4) is 22.9 Å². The normalized spacial score (nSPS) is 10.6. The summed E-state index contributed by atoms with van der Waals surface area (Å²) in [5, 5.41) is 12.7. The van der Waals surface area contributed by atoms with Gasteiger partial charge in [0.2, 0.25) is 5.91 Å². The van der Waals surface area contributed by atoms with E-state index in [9.17, 15) is 4.79 Å². The minimum atomic E-state index is -0.189. The van der Waals surface area contributed by atoms with Gasteiger partial charge >= 0.3 is 0 Å². The lowest BCUT2D eigenvalue weighted by Crippen LogP contribution is -2.15. The van der Waals surface area contributed by atoms with E-state index in [0.29, 0.717) is 52.9 Å². The van der Waals surface area contributed by atoms with Gasteiger partial charge < -0.3 is 14.8 Å². The Labute approximate surface area is 196 Å². The molecule has 1 N–H and O–H groups in total. The summed E-state index contributed by atoms with van der Waals surface area (Å²) in [5.41, 5.74) is 1.45. The Morgan fingerprint density at radius 2 is 1.91 bits per heavy atom. The molecule has 32 heavy (non-hydrogen) atoms. The molecular weight excluding hydrogens is 448 g/mol. The first-order valence-electron chi connectivity index (χ1n) is 10.2. The SMILES string of the molecule is C=CCn1c(SCC(=O)Nc2cc(OCC)ccc2OCC)nnc1-c1ccc(Cl)cc1. The highest BCUT2D eigenvalue weighted by atomic mass is 35.5. The zero-order chi connectivity index (χ0) is 22.9. The average Bonchev–Trinajstić information content (AvgIpc) is 3.18. The highest BCUT2D eigenvalue weighted by Crippen LogP contribution is 2.30. The number of thioether (sulfide) groups is 1. The lowest BCUT2D eigenvalue weighted by Gasteiger charge is -2.13. The van der Waals surface area contributed by atoms with Crippen LogP contribution in [-0.2, 0) is 11.3 Å². The number of aromatic nitrogens is 3. The van der Waals surface area contributed by atoms with Crippen LogP contribution >= 0.6 is 23.4 Å². The predicted molar refractivity (Wildman–Crippen MR) is 129 cm³/mol. The number of allylic oxidation sites excluding steroid dienone is 1. The molecule has 0 fully saturated rings. The van der Waals surface area contributed by atoms with E-state index in [0.717, 1.165) is 5.56 Å². The number of rotatable bonds is 11. The Morgan fingerprint density at radius 1 is 1.16 bits per heavy atom. The van der Waals surface area contributed by atoms with Crippen LogP contribution < -0.4 is 14.8 Å². The van der Waals surface area contributed by atoms with Gasteiger partial charge in [-0.2, -0.15) is 0 Å². The summed E-state index contributed by atoms with van der Waals surface area (Å²) < 4.78 is 13.1. The van der Waals surface area contributed by atoms with Crippen LogP contribution in [0.3, 0.4) is 0 Å². The molecule has 0 atom stereocenters. The fraction of sp³-hybridized carbons (Fsp3) is 0.261. The Kier molecular flexibility index (Phi) is 8.58. The second-order valence-corrected chi connectivity index (χ2v) is 7.95. The van der Waals surface area contributed by atoms with Gasteiger partial charge in [-0.25, -0.2) is 0 Å². The van der Waals surface area contributed by atoms with Gasteiger partial charge in [0.15, 0.2) is 11.0 Å². The van der Waals surface area contributed by atoms with Crippen molar-refractivity contribution >= 4 is 35.0 Å². The van der Waals surface area contributed by atoms with E-state index in [1.54, 1.807) is 30.3 Å². The molecule has 0 unspecified atom stereocenters. The van der Waals surface area contributed by atoms with E-state index < -0.39 is 0 Å². The van der Waals surface area contributed by atoms with Gasteiger partial charge in [0, 0.05) is 23.2 Å². The topological polar surface area (TPSA) is 78.3 Å². The standard InChI is InChI=1S/C23H25ClN4O3S/c1-4-13-28-22(16-7-9-17(24)10-8-16)26-27-23(28)32-15-21(29)25-19-14-18(30-5-2)11-12-20(19)31-6-3/h4,7-12,14H,1,5-6,13,15H2,2-3H3,(H,25,29). The van der Waals surface area contributed by atoms with Gasteiger partial charge in [-0.1, -0.05) is 29.4 Å². The molecule has 3 aromatic rings. The minimum Gasteiger partial charge on any atom is -0.494 e. The zero-order valence-electron chi connectivity index (χ0n) is 18.0. The number of hydrogen-bond donors (Lipinski definition) is 1. The maximum Gasteiger partial charge on any atom is 0.234 e.